The number of nitrogens with zero attached hydrogens (tertiary/aromatic N) is 5. The van der Waals surface area contributed by atoms with Gasteiger partial charge in [0.1, 0.15) is 11.5 Å². The highest BCUT2D eigenvalue weighted by Crippen LogP contribution is 2.35. The Morgan fingerprint density at radius 2 is 2.10 bits per heavy atom. The molecule has 0 radical (unpaired) electrons. The highest BCUT2D eigenvalue weighted by atomic mass is 31.2. The molecule has 0 saturated heterocycles. The number of aromatic nitrogens is 5. The molecule has 13 heteroatoms. The second-order valence-corrected chi connectivity index (χ2v) is 7.31. The van der Waals surface area contributed by atoms with Crippen molar-refractivity contribution in [2.45, 2.75) is 6.10 Å². The van der Waals surface area contributed by atoms with Gasteiger partial charge in [-0.05, 0) is 34.7 Å². The van der Waals surface area contributed by atoms with Gasteiger partial charge in [-0.2, -0.15) is 0 Å². The zero-order valence-corrected chi connectivity index (χ0v) is 16.1. The number of halogens is 1. The van der Waals surface area contributed by atoms with Crippen molar-refractivity contribution in [2.24, 2.45) is 7.05 Å². The van der Waals surface area contributed by atoms with Crippen molar-refractivity contribution in [3.05, 3.63) is 42.3 Å². The SMILES string of the molecule is Cn1nnnc1-c1ccc(-c2ccc(NCC(O)COP(=O)(O)O)cc2F)cn1. The lowest BCUT2D eigenvalue weighted by Crippen LogP contribution is -2.24. The largest absolute Gasteiger partial charge is 0.469 e. The molecule has 11 nitrogen and oxygen atoms in total. The van der Waals surface area contributed by atoms with Crippen LogP contribution in [0.25, 0.3) is 22.6 Å². The maximum Gasteiger partial charge on any atom is 0.469 e. The number of hydrogen-bond donors (Lipinski definition) is 4. The number of aliphatic hydroxyl groups excluding tert-OH is 1. The first kappa shape index (κ1) is 21.0. The maximum absolute atomic E-state index is 14.5. The van der Waals surface area contributed by atoms with E-state index in [0.29, 0.717) is 28.3 Å². The van der Waals surface area contributed by atoms with E-state index in [-0.39, 0.29) is 6.54 Å². The van der Waals surface area contributed by atoms with Crippen LogP contribution >= 0.6 is 7.82 Å². The molecular weight excluding hydrogens is 406 g/mol. The summed E-state index contributed by atoms with van der Waals surface area (Å²) in [5, 5.41) is 23.6. The summed E-state index contributed by atoms with van der Waals surface area (Å²) >= 11 is 0. The second kappa shape index (κ2) is 8.72. The van der Waals surface area contributed by atoms with Crippen LogP contribution in [0.5, 0.6) is 0 Å². The third kappa shape index (κ3) is 5.62. The Hall–Kier alpha value is -2.76. The van der Waals surface area contributed by atoms with E-state index in [0.717, 1.165) is 0 Å². The number of rotatable bonds is 8. The maximum atomic E-state index is 14.5. The van der Waals surface area contributed by atoms with E-state index in [1.807, 2.05) is 0 Å². The molecule has 1 atom stereocenters. The van der Waals surface area contributed by atoms with Gasteiger partial charge in [-0.3, -0.25) is 9.51 Å². The molecule has 2 aromatic heterocycles. The molecule has 0 spiro atoms. The molecule has 0 bridgehead atoms. The normalized spacial score (nSPS) is 12.7. The number of aliphatic hydroxyl groups is 1. The average molecular weight is 424 g/mol. The summed E-state index contributed by atoms with van der Waals surface area (Å²) in [5.41, 5.74) is 1.82. The summed E-state index contributed by atoms with van der Waals surface area (Å²) < 4.78 is 30.8. The van der Waals surface area contributed by atoms with Crippen LogP contribution in [0.15, 0.2) is 36.5 Å². The van der Waals surface area contributed by atoms with Crippen LogP contribution in [0.4, 0.5) is 10.1 Å². The minimum atomic E-state index is -4.65. The zero-order valence-electron chi connectivity index (χ0n) is 15.2. The summed E-state index contributed by atoms with van der Waals surface area (Å²) in [7, 11) is -2.97. The Labute approximate surface area is 164 Å². The van der Waals surface area contributed by atoms with Gasteiger partial charge in [0.25, 0.3) is 0 Å². The van der Waals surface area contributed by atoms with Crippen LogP contribution in [0.1, 0.15) is 0 Å². The number of nitrogens with one attached hydrogen (secondary N) is 1. The first-order valence-electron chi connectivity index (χ1n) is 8.33. The molecule has 154 valence electrons. The summed E-state index contributed by atoms with van der Waals surface area (Å²) in [4.78, 5) is 21.5. The number of benzene rings is 1. The van der Waals surface area contributed by atoms with Crippen molar-refractivity contribution >= 4 is 13.5 Å². The molecule has 3 aromatic rings. The monoisotopic (exact) mass is 424 g/mol. The van der Waals surface area contributed by atoms with Crippen LogP contribution in [-0.4, -0.2) is 59.3 Å². The molecular formula is C16H18FN6O5P. The van der Waals surface area contributed by atoms with Crippen molar-refractivity contribution in [1.82, 2.24) is 25.2 Å². The Morgan fingerprint density at radius 1 is 1.31 bits per heavy atom. The first-order chi connectivity index (χ1) is 13.7. The van der Waals surface area contributed by atoms with Gasteiger partial charge in [-0.15, -0.1) is 5.10 Å². The smallest absolute Gasteiger partial charge is 0.389 e. The standard InChI is InChI=1S/C16H18FN6O5P/c1-23-16(20-21-22-23)15-5-2-10(7-19-15)13-4-3-11(6-14(13)17)18-8-12(24)9-28-29(25,26)27/h2-7,12,18,24H,8-9H2,1H3,(H2,25,26,27). The van der Waals surface area contributed by atoms with Crippen LogP contribution in [0.2, 0.25) is 0 Å². The highest BCUT2D eigenvalue weighted by molar-refractivity contribution is 7.46. The average Bonchev–Trinajstić information content (AvgIpc) is 3.10. The van der Waals surface area contributed by atoms with Gasteiger partial charge in [-0.1, -0.05) is 6.07 Å². The Balaban J connectivity index is 1.65. The van der Waals surface area contributed by atoms with E-state index in [9.17, 15) is 14.1 Å². The molecule has 0 fully saturated rings. The predicted octanol–water partition coefficient (Wildman–Crippen LogP) is 0.960. The predicted molar refractivity (Wildman–Crippen MR) is 99.9 cm³/mol. The molecule has 0 saturated carbocycles. The Kier molecular flexibility index (Phi) is 6.30. The fourth-order valence-electron chi connectivity index (χ4n) is 2.47. The molecule has 0 aliphatic carbocycles. The zero-order chi connectivity index (χ0) is 21.0. The fraction of sp³-hybridized carbons (Fsp3) is 0.250. The van der Waals surface area contributed by atoms with Crippen LogP contribution in [0.3, 0.4) is 0 Å². The number of phosphoric acid groups is 1. The second-order valence-electron chi connectivity index (χ2n) is 6.07. The van der Waals surface area contributed by atoms with Crippen LogP contribution < -0.4 is 5.32 Å². The van der Waals surface area contributed by atoms with Crippen molar-refractivity contribution in [3.8, 4) is 22.6 Å². The molecule has 0 aliphatic rings. The van der Waals surface area contributed by atoms with Crippen molar-refractivity contribution in [2.75, 3.05) is 18.5 Å². The quantitative estimate of drug-likeness (QED) is 0.384. The molecule has 3 rings (SSSR count). The van der Waals surface area contributed by atoms with Gasteiger partial charge in [0.2, 0.25) is 0 Å². The van der Waals surface area contributed by atoms with Gasteiger partial charge in [-0.25, -0.2) is 13.6 Å². The third-order valence-electron chi connectivity index (χ3n) is 3.87. The summed E-state index contributed by atoms with van der Waals surface area (Å²) in [6.07, 6.45) is 0.329. The van der Waals surface area contributed by atoms with E-state index in [1.54, 1.807) is 31.3 Å². The van der Waals surface area contributed by atoms with E-state index in [1.165, 1.54) is 16.9 Å². The van der Waals surface area contributed by atoms with Gasteiger partial charge in [0, 0.05) is 36.6 Å². The number of phosphoric ester groups is 1. The lowest BCUT2D eigenvalue weighted by molar-refractivity contribution is 0.0930. The summed E-state index contributed by atoms with van der Waals surface area (Å²) in [6, 6.07) is 7.79. The fourth-order valence-corrected chi connectivity index (χ4v) is 2.84. The van der Waals surface area contributed by atoms with Crippen molar-refractivity contribution in [1.29, 1.82) is 0 Å². The summed E-state index contributed by atoms with van der Waals surface area (Å²) in [6.45, 7) is -0.641. The first-order valence-corrected chi connectivity index (χ1v) is 9.86. The minimum absolute atomic E-state index is 0.0826. The van der Waals surface area contributed by atoms with Crippen LogP contribution in [0, 0.1) is 5.82 Å². The topological polar surface area (TPSA) is 156 Å². The Bertz CT molecular complexity index is 1020. The van der Waals surface area contributed by atoms with E-state index in [4.69, 9.17) is 9.79 Å². The highest BCUT2D eigenvalue weighted by Gasteiger charge is 2.17. The summed E-state index contributed by atoms with van der Waals surface area (Å²) in [5.74, 6) is -0.0244. The van der Waals surface area contributed by atoms with E-state index in [2.05, 4.69) is 30.3 Å². The minimum Gasteiger partial charge on any atom is -0.389 e. The molecule has 4 N–H and O–H groups in total. The van der Waals surface area contributed by atoms with Gasteiger partial charge in [0.05, 0.1) is 12.7 Å². The number of anilines is 1. The lowest BCUT2D eigenvalue weighted by atomic mass is 10.1. The van der Waals surface area contributed by atoms with Gasteiger partial charge >= 0.3 is 7.82 Å². The number of aryl methyl sites for hydroxylation is 1. The molecule has 2 heterocycles. The van der Waals surface area contributed by atoms with E-state index < -0.39 is 26.4 Å². The lowest BCUT2D eigenvalue weighted by Gasteiger charge is -2.14. The van der Waals surface area contributed by atoms with Crippen molar-refractivity contribution < 1.29 is 28.4 Å². The third-order valence-corrected chi connectivity index (χ3v) is 4.36. The molecule has 1 unspecified atom stereocenters. The number of pyridine rings is 1. The number of hydrogen-bond acceptors (Lipinski definition) is 8. The van der Waals surface area contributed by atoms with Gasteiger partial charge in [0.15, 0.2) is 5.82 Å². The molecule has 0 amide bonds. The molecule has 1 aromatic carbocycles. The van der Waals surface area contributed by atoms with E-state index >= 15 is 0 Å². The Morgan fingerprint density at radius 3 is 2.69 bits per heavy atom. The van der Waals surface area contributed by atoms with Crippen molar-refractivity contribution in [3.63, 3.8) is 0 Å². The number of tetrazole rings is 1. The van der Waals surface area contributed by atoms with Gasteiger partial charge < -0.3 is 20.2 Å². The molecule has 0 aliphatic heterocycles. The van der Waals surface area contributed by atoms with Crippen LogP contribution in [-0.2, 0) is 16.1 Å². The molecule has 29 heavy (non-hydrogen) atoms.